The molecule has 1 aromatic carbocycles. The number of aryl methyl sites for hydroxylation is 4. The number of fused-ring (bicyclic) bond motifs is 3. The van der Waals surface area contributed by atoms with Gasteiger partial charge in [0.25, 0.3) is 0 Å². The summed E-state index contributed by atoms with van der Waals surface area (Å²) in [4.78, 5) is 9.16. The minimum atomic E-state index is 0. The average molecular weight is 423 g/mol. The first-order valence-electron chi connectivity index (χ1n) is 6.20. The zero-order valence-corrected chi connectivity index (χ0v) is 14.3. The van der Waals surface area contributed by atoms with Crippen molar-refractivity contribution in [1.82, 2.24) is 9.97 Å². The number of hydrogen-bond acceptors (Lipinski definition) is 2. The molecular formula is C16H16N2Re. The Morgan fingerprint density at radius 3 is 1.42 bits per heavy atom. The van der Waals surface area contributed by atoms with Crippen LogP contribution in [0.3, 0.4) is 0 Å². The largest absolute Gasteiger partial charge is 0.254 e. The van der Waals surface area contributed by atoms with E-state index in [1.165, 1.54) is 33.0 Å². The van der Waals surface area contributed by atoms with Crippen molar-refractivity contribution in [2.24, 2.45) is 0 Å². The van der Waals surface area contributed by atoms with Crippen LogP contribution in [0.15, 0.2) is 24.5 Å². The monoisotopic (exact) mass is 423 g/mol. The second kappa shape index (κ2) is 5.00. The van der Waals surface area contributed by atoms with Crippen molar-refractivity contribution in [1.29, 1.82) is 0 Å². The fourth-order valence-electron chi connectivity index (χ4n) is 2.39. The molecule has 2 nitrogen and oxygen atoms in total. The Kier molecular flexibility index (Phi) is 3.71. The predicted octanol–water partition coefficient (Wildman–Crippen LogP) is 4.01. The minimum absolute atomic E-state index is 0. The van der Waals surface area contributed by atoms with Crippen LogP contribution in [-0.2, 0) is 20.4 Å². The number of nitrogens with zero attached hydrogens (tertiary/aromatic N) is 2. The van der Waals surface area contributed by atoms with Gasteiger partial charge in [-0.15, -0.1) is 0 Å². The standard InChI is InChI=1S/C16H16N2.Re/c1-9-7-17-15-13(11(9)3)5-6-14-12(4)10(2)8-18-16(14)15;/h5-8H,1-4H3;. The molecule has 19 heavy (non-hydrogen) atoms. The predicted molar refractivity (Wildman–Crippen MR) is 76.0 cm³/mol. The molecule has 0 bridgehead atoms. The molecule has 0 unspecified atom stereocenters. The maximum Gasteiger partial charge on any atom is 0.0967 e. The van der Waals surface area contributed by atoms with Crippen LogP contribution in [0.25, 0.3) is 21.8 Å². The Morgan fingerprint density at radius 2 is 1.05 bits per heavy atom. The first-order valence-corrected chi connectivity index (χ1v) is 6.20. The number of benzene rings is 1. The van der Waals surface area contributed by atoms with E-state index in [1.807, 2.05) is 12.4 Å². The molecule has 0 fully saturated rings. The Balaban J connectivity index is 0.00000133. The molecular weight excluding hydrogens is 406 g/mol. The van der Waals surface area contributed by atoms with Crippen molar-refractivity contribution < 1.29 is 20.4 Å². The van der Waals surface area contributed by atoms with Crippen molar-refractivity contribution in [3.63, 3.8) is 0 Å². The van der Waals surface area contributed by atoms with Gasteiger partial charge in [0.1, 0.15) is 0 Å². The molecule has 2 heterocycles. The van der Waals surface area contributed by atoms with Crippen LogP contribution in [0.4, 0.5) is 0 Å². The quantitative estimate of drug-likeness (QED) is 0.512. The van der Waals surface area contributed by atoms with Gasteiger partial charge in [0.15, 0.2) is 0 Å². The van der Waals surface area contributed by atoms with Crippen LogP contribution in [0.5, 0.6) is 0 Å². The maximum absolute atomic E-state index is 4.58. The topological polar surface area (TPSA) is 25.8 Å². The van der Waals surface area contributed by atoms with Crippen LogP contribution >= 0.6 is 0 Å². The van der Waals surface area contributed by atoms with Gasteiger partial charge in [0, 0.05) is 43.6 Å². The first kappa shape index (κ1) is 14.1. The van der Waals surface area contributed by atoms with Gasteiger partial charge in [-0.1, -0.05) is 12.1 Å². The van der Waals surface area contributed by atoms with E-state index in [2.05, 4.69) is 49.8 Å². The molecule has 2 aromatic heterocycles. The zero-order valence-electron chi connectivity index (χ0n) is 11.6. The molecule has 0 aliphatic heterocycles. The molecule has 3 heteroatoms. The normalized spacial score (nSPS) is 10.7. The molecule has 3 rings (SSSR count). The van der Waals surface area contributed by atoms with Crippen LogP contribution in [0, 0.1) is 27.7 Å². The van der Waals surface area contributed by atoms with E-state index in [1.54, 1.807) is 0 Å². The van der Waals surface area contributed by atoms with Crippen LogP contribution in [-0.4, -0.2) is 9.97 Å². The number of pyridine rings is 2. The molecule has 0 spiro atoms. The summed E-state index contributed by atoms with van der Waals surface area (Å²) >= 11 is 0. The number of hydrogen-bond donors (Lipinski definition) is 0. The van der Waals surface area contributed by atoms with E-state index >= 15 is 0 Å². The molecule has 0 atom stereocenters. The van der Waals surface area contributed by atoms with E-state index in [0.717, 1.165) is 11.0 Å². The summed E-state index contributed by atoms with van der Waals surface area (Å²) in [5.74, 6) is 0. The van der Waals surface area contributed by atoms with Crippen LogP contribution in [0.1, 0.15) is 22.3 Å². The third kappa shape index (κ3) is 2.08. The summed E-state index contributed by atoms with van der Waals surface area (Å²) in [6.07, 6.45) is 3.88. The SMILES string of the molecule is Cc1cnc2c(ccc3c(C)c(C)cnc32)c1C.[Re]. The van der Waals surface area contributed by atoms with E-state index in [-0.39, 0.29) is 20.4 Å². The van der Waals surface area contributed by atoms with Gasteiger partial charge < -0.3 is 0 Å². The fraction of sp³-hybridized carbons (Fsp3) is 0.250. The summed E-state index contributed by atoms with van der Waals surface area (Å²) < 4.78 is 0. The Morgan fingerprint density at radius 1 is 0.684 bits per heavy atom. The van der Waals surface area contributed by atoms with Gasteiger partial charge >= 0.3 is 0 Å². The first-order chi connectivity index (χ1) is 8.59. The Bertz CT molecular complexity index is 712. The molecule has 97 valence electrons. The van der Waals surface area contributed by atoms with Crippen molar-refractivity contribution in [2.45, 2.75) is 27.7 Å². The molecule has 0 aliphatic carbocycles. The molecule has 1 radical (unpaired) electrons. The summed E-state index contributed by atoms with van der Waals surface area (Å²) in [7, 11) is 0. The molecule has 0 aliphatic rings. The van der Waals surface area contributed by atoms with Gasteiger partial charge in [-0.2, -0.15) is 0 Å². The van der Waals surface area contributed by atoms with Gasteiger partial charge in [0.05, 0.1) is 11.0 Å². The third-order valence-corrected chi connectivity index (χ3v) is 3.92. The number of aromatic nitrogens is 2. The smallest absolute Gasteiger partial charge is 0.0967 e. The van der Waals surface area contributed by atoms with Crippen molar-refractivity contribution >= 4 is 21.8 Å². The summed E-state index contributed by atoms with van der Waals surface area (Å²) in [5.41, 5.74) is 7.07. The van der Waals surface area contributed by atoms with Gasteiger partial charge in [0.2, 0.25) is 0 Å². The van der Waals surface area contributed by atoms with Crippen LogP contribution in [0.2, 0.25) is 0 Å². The van der Waals surface area contributed by atoms with Gasteiger partial charge in [-0.25, -0.2) is 0 Å². The minimum Gasteiger partial charge on any atom is -0.254 e. The zero-order chi connectivity index (χ0) is 12.9. The number of rotatable bonds is 0. The van der Waals surface area contributed by atoms with E-state index in [4.69, 9.17) is 0 Å². The Labute approximate surface area is 126 Å². The maximum atomic E-state index is 4.58. The summed E-state index contributed by atoms with van der Waals surface area (Å²) in [5, 5.41) is 2.41. The Hall–Kier alpha value is -1.30. The second-order valence-electron chi connectivity index (χ2n) is 4.99. The molecule has 0 N–H and O–H groups in total. The molecule has 0 amide bonds. The fourth-order valence-corrected chi connectivity index (χ4v) is 2.39. The van der Waals surface area contributed by atoms with E-state index < -0.39 is 0 Å². The second-order valence-corrected chi connectivity index (χ2v) is 4.99. The van der Waals surface area contributed by atoms with Crippen molar-refractivity contribution in [3.8, 4) is 0 Å². The van der Waals surface area contributed by atoms with Gasteiger partial charge in [-0.05, 0) is 49.9 Å². The summed E-state index contributed by atoms with van der Waals surface area (Å²) in [6.45, 7) is 8.48. The molecule has 0 saturated heterocycles. The van der Waals surface area contributed by atoms with E-state index in [0.29, 0.717) is 0 Å². The van der Waals surface area contributed by atoms with E-state index in [9.17, 15) is 0 Å². The third-order valence-electron chi connectivity index (χ3n) is 3.92. The van der Waals surface area contributed by atoms with Gasteiger partial charge in [-0.3, -0.25) is 9.97 Å². The van der Waals surface area contributed by atoms with Crippen molar-refractivity contribution in [2.75, 3.05) is 0 Å². The summed E-state index contributed by atoms with van der Waals surface area (Å²) in [6, 6.07) is 4.34. The average Bonchev–Trinajstić information content (AvgIpc) is 2.38. The molecule has 0 saturated carbocycles. The molecule has 3 aromatic rings. The van der Waals surface area contributed by atoms with Crippen LogP contribution < -0.4 is 0 Å². The van der Waals surface area contributed by atoms with Crippen molar-refractivity contribution in [3.05, 3.63) is 46.8 Å².